The van der Waals surface area contributed by atoms with Gasteiger partial charge in [0.15, 0.2) is 0 Å². The van der Waals surface area contributed by atoms with Gasteiger partial charge in [0.05, 0.1) is 0 Å². The summed E-state index contributed by atoms with van der Waals surface area (Å²) in [5, 5.41) is 11.0. The molecule has 6 heteroatoms. The predicted molar refractivity (Wildman–Crippen MR) is 175 cm³/mol. The first-order valence-electron chi connectivity index (χ1n) is 16.4. The van der Waals surface area contributed by atoms with E-state index in [0.717, 1.165) is 89.9 Å². The summed E-state index contributed by atoms with van der Waals surface area (Å²) in [7, 11) is 0. The summed E-state index contributed by atoms with van der Waals surface area (Å²) in [6.45, 7) is 3.91. The molecule has 6 nitrogen and oxygen atoms in total. The van der Waals surface area contributed by atoms with Gasteiger partial charge in [-0.1, -0.05) is 107 Å². The molecule has 0 bridgehead atoms. The summed E-state index contributed by atoms with van der Waals surface area (Å²) < 4.78 is 5.72. The van der Waals surface area contributed by atoms with Crippen LogP contribution in [0.1, 0.15) is 136 Å². The molecule has 1 amide bonds. The lowest BCUT2D eigenvalue weighted by Gasteiger charge is -2.17. The number of unbranched alkanes of at least 4 members (excludes halogenated alkanes) is 7. The minimum Gasteiger partial charge on any atom is -0.480 e. The van der Waals surface area contributed by atoms with E-state index in [1.165, 1.54) is 12.8 Å². The second-order valence-corrected chi connectivity index (χ2v) is 10.7. The Balaban J connectivity index is 3.72. The highest BCUT2D eigenvalue weighted by Gasteiger charge is 2.13. The van der Waals surface area contributed by atoms with Crippen molar-refractivity contribution in [3.8, 4) is 0 Å². The molecule has 0 saturated heterocycles. The zero-order chi connectivity index (χ0) is 30.9. The van der Waals surface area contributed by atoms with Crippen LogP contribution in [0.15, 0.2) is 60.8 Å². The maximum atomic E-state index is 12.3. The fourth-order valence-electron chi connectivity index (χ4n) is 4.36. The quantitative estimate of drug-likeness (QED) is 0.0542. The molecule has 0 fully saturated rings. The van der Waals surface area contributed by atoms with Gasteiger partial charge >= 0.3 is 11.9 Å². The van der Waals surface area contributed by atoms with Gasteiger partial charge in [0.25, 0.3) is 0 Å². The monoisotopic (exact) mass is 585 g/mol. The van der Waals surface area contributed by atoms with Gasteiger partial charge in [0.1, 0.15) is 12.6 Å². The highest BCUT2D eigenvalue weighted by molar-refractivity contribution is 5.80. The van der Waals surface area contributed by atoms with Crippen LogP contribution in [0.4, 0.5) is 0 Å². The van der Waals surface area contributed by atoms with Crippen molar-refractivity contribution in [1.82, 2.24) is 5.32 Å². The second-order valence-electron chi connectivity index (χ2n) is 10.7. The van der Waals surface area contributed by atoms with Crippen molar-refractivity contribution in [2.24, 2.45) is 0 Å². The fourth-order valence-corrected chi connectivity index (χ4v) is 4.36. The summed E-state index contributed by atoms with van der Waals surface area (Å²) in [6, 6.07) is 0. The van der Waals surface area contributed by atoms with Crippen LogP contribution in [-0.2, 0) is 19.1 Å². The molecule has 1 atom stereocenters. The minimum atomic E-state index is -1.04. The van der Waals surface area contributed by atoms with Gasteiger partial charge in [0.2, 0.25) is 5.91 Å². The first-order valence-corrected chi connectivity index (χ1v) is 16.4. The maximum absolute atomic E-state index is 12.3. The van der Waals surface area contributed by atoms with Crippen LogP contribution < -0.4 is 5.32 Å². The molecule has 1 unspecified atom stereocenters. The van der Waals surface area contributed by atoms with E-state index >= 15 is 0 Å². The summed E-state index contributed by atoms with van der Waals surface area (Å²) in [4.78, 5) is 34.3. The van der Waals surface area contributed by atoms with Gasteiger partial charge in [-0.2, -0.15) is 0 Å². The van der Waals surface area contributed by atoms with Gasteiger partial charge in [-0.3, -0.25) is 14.4 Å². The highest BCUT2D eigenvalue weighted by atomic mass is 16.5. The molecule has 0 heterocycles. The summed E-state index contributed by atoms with van der Waals surface area (Å²) in [5.74, 6) is -1.37. The van der Waals surface area contributed by atoms with Gasteiger partial charge in [-0.05, 0) is 77.0 Å². The molecular formula is C36H59NO5. The number of carbonyl (C=O) groups excluding carboxylic acids is 2. The molecule has 0 rings (SSSR count). The summed E-state index contributed by atoms with van der Waals surface area (Å²) >= 11 is 0. The van der Waals surface area contributed by atoms with Crippen molar-refractivity contribution in [2.75, 3.05) is 6.54 Å². The molecular weight excluding hydrogens is 526 g/mol. The third-order valence-electron chi connectivity index (χ3n) is 6.68. The van der Waals surface area contributed by atoms with Crippen LogP contribution in [-0.4, -0.2) is 35.6 Å². The Kier molecular flexibility index (Phi) is 28.9. The SMILES string of the molecule is CC/C=C\C/C=C\C/C=C\C/C=C\C/C=C\CCCCCCCC(=O)OC(CCC)CCCCCC(=O)NCC(=O)O. The molecule has 0 aliphatic carbocycles. The zero-order valence-electron chi connectivity index (χ0n) is 26.6. The third kappa shape index (κ3) is 30.1. The van der Waals surface area contributed by atoms with E-state index in [0.29, 0.717) is 19.3 Å². The van der Waals surface area contributed by atoms with Crippen molar-refractivity contribution in [2.45, 2.75) is 142 Å². The van der Waals surface area contributed by atoms with E-state index in [-0.39, 0.29) is 24.5 Å². The number of ether oxygens (including phenoxy) is 1. The molecule has 0 aliphatic heterocycles. The Labute approximate surface area is 256 Å². The Morgan fingerprint density at radius 1 is 0.643 bits per heavy atom. The number of aliphatic carboxylic acids is 1. The van der Waals surface area contributed by atoms with Crippen molar-refractivity contribution in [3.63, 3.8) is 0 Å². The number of carbonyl (C=O) groups is 3. The van der Waals surface area contributed by atoms with E-state index in [9.17, 15) is 14.4 Å². The predicted octanol–water partition coefficient (Wildman–Crippen LogP) is 9.33. The molecule has 0 aliphatic rings. The number of carboxylic acids is 1. The summed E-state index contributed by atoms with van der Waals surface area (Å²) in [6.07, 6.45) is 39.8. The first-order chi connectivity index (χ1) is 20.5. The van der Waals surface area contributed by atoms with Gasteiger partial charge < -0.3 is 15.2 Å². The number of amides is 1. The molecule has 0 saturated carbocycles. The van der Waals surface area contributed by atoms with Gasteiger partial charge in [-0.25, -0.2) is 0 Å². The van der Waals surface area contributed by atoms with Crippen LogP contribution in [0, 0.1) is 0 Å². The lowest BCUT2D eigenvalue weighted by molar-refractivity contribution is -0.150. The standard InChI is InChI=1S/C36H59NO5/c1-3-5-6-7-8-9-10-11-12-13-14-15-16-17-18-19-20-21-22-23-27-31-36(41)42-33(28-4-2)29-25-24-26-30-34(38)37-32-35(39)40/h5-6,8-9,11-12,14-15,17-18,33H,3-4,7,10,13,16,19-32H2,1-2H3,(H,37,38)(H,39,40)/b6-5-,9-8-,12-11-,15-14-,18-17-. The maximum Gasteiger partial charge on any atom is 0.322 e. The van der Waals surface area contributed by atoms with E-state index in [4.69, 9.17) is 9.84 Å². The lowest BCUT2D eigenvalue weighted by atomic mass is 10.1. The van der Waals surface area contributed by atoms with Gasteiger partial charge in [0, 0.05) is 12.8 Å². The van der Waals surface area contributed by atoms with Crippen molar-refractivity contribution in [3.05, 3.63) is 60.8 Å². The average Bonchev–Trinajstić information content (AvgIpc) is 2.96. The van der Waals surface area contributed by atoms with E-state index in [2.05, 4.69) is 79.9 Å². The minimum absolute atomic E-state index is 0.0493. The molecule has 0 aromatic carbocycles. The van der Waals surface area contributed by atoms with Gasteiger partial charge in [-0.15, -0.1) is 0 Å². The number of nitrogens with one attached hydrogen (secondary N) is 1. The Bertz CT molecular complexity index is 825. The Morgan fingerprint density at radius 2 is 1.17 bits per heavy atom. The smallest absolute Gasteiger partial charge is 0.322 e. The number of esters is 1. The first kappa shape index (κ1) is 39.1. The molecule has 0 aromatic heterocycles. The fraction of sp³-hybridized carbons (Fsp3) is 0.639. The number of hydrogen-bond acceptors (Lipinski definition) is 4. The largest absolute Gasteiger partial charge is 0.480 e. The van der Waals surface area contributed by atoms with Crippen LogP contribution in [0.3, 0.4) is 0 Å². The number of hydrogen-bond donors (Lipinski definition) is 2. The van der Waals surface area contributed by atoms with Crippen LogP contribution >= 0.6 is 0 Å². The number of rotatable bonds is 28. The molecule has 238 valence electrons. The highest BCUT2D eigenvalue weighted by Crippen LogP contribution is 2.15. The molecule has 0 spiro atoms. The van der Waals surface area contributed by atoms with Crippen molar-refractivity contribution < 1.29 is 24.2 Å². The van der Waals surface area contributed by atoms with Crippen molar-refractivity contribution >= 4 is 17.8 Å². The summed E-state index contributed by atoms with van der Waals surface area (Å²) in [5.41, 5.74) is 0. The molecule has 0 aromatic rings. The van der Waals surface area contributed by atoms with Crippen LogP contribution in [0.2, 0.25) is 0 Å². The van der Waals surface area contributed by atoms with Crippen molar-refractivity contribution in [1.29, 1.82) is 0 Å². The van der Waals surface area contributed by atoms with Crippen LogP contribution in [0.25, 0.3) is 0 Å². The van der Waals surface area contributed by atoms with Crippen LogP contribution in [0.5, 0.6) is 0 Å². The number of carboxylic acid groups (broad SMARTS) is 1. The zero-order valence-corrected chi connectivity index (χ0v) is 26.6. The van der Waals surface area contributed by atoms with E-state index < -0.39 is 5.97 Å². The molecule has 2 N–H and O–H groups in total. The second kappa shape index (κ2) is 31.1. The average molecular weight is 586 g/mol. The molecule has 42 heavy (non-hydrogen) atoms. The number of allylic oxidation sites excluding steroid dienone is 10. The lowest BCUT2D eigenvalue weighted by Crippen LogP contribution is -2.28. The Hall–Kier alpha value is -2.89. The van der Waals surface area contributed by atoms with E-state index in [1.807, 2.05) is 0 Å². The topological polar surface area (TPSA) is 92.7 Å². The Morgan fingerprint density at radius 3 is 1.76 bits per heavy atom. The third-order valence-corrected chi connectivity index (χ3v) is 6.68. The normalized spacial score (nSPS) is 12.8. The molecule has 0 radical (unpaired) electrons. The van der Waals surface area contributed by atoms with E-state index in [1.54, 1.807) is 0 Å².